The van der Waals surface area contributed by atoms with Gasteiger partial charge in [0.1, 0.15) is 0 Å². The Labute approximate surface area is 155 Å². The Morgan fingerprint density at radius 1 is 0.923 bits per heavy atom. The summed E-state index contributed by atoms with van der Waals surface area (Å²) in [7, 11) is 0. The fourth-order valence-corrected chi connectivity index (χ4v) is 4.31. The van der Waals surface area contributed by atoms with E-state index in [1.54, 1.807) is 0 Å². The third kappa shape index (κ3) is 4.44. The highest BCUT2D eigenvalue weighted by molar-refractivity contribution is 5.79. The maximum Gasteiger partial charge on any atom is 0.234 e. The van der Waals surface area contributed by atoms with Crippen LogP contribution in [0.3, 0.4) is 0 Å². The number of amides is 2. The van der Waals surface area contributed by atoms with Crippen molar-refractivity contribution in [2.75, 3.05) is 19.6 Å². The standard InChI is InChI=1S/C21H29N3O2/c25-20(13-16-6-5-15-3-1-2-4-19(15)16)22-18-9-11-24(12-10-18)14-21(26)23-17-7-8-17/h1-4,16-18H,5-14H2,(H,22,25)(H,23,26)/t16-/m1/s1. The van der Waals surface area contributed by atoms with E-state index < -0.39 is 0 Å². The molecule has 1 saturated carbocycles. The predicted octanol–water partition coefficient (Wildman–Crippen LogP) is 1.97. The molecule has 5 heteroatoms. The summed E-state index contributed by atoms with van der Waals surface area (Å²) in [5, 5.41) is 6.27. The highest BCUT2D eigenvalue weighted by Gasteiger charge is 2.28. The molecule has 2 N–H and O–H groups in total. The van der Waals surface area contributed by atoms with Crippen LogP contribution in [0.15, 0.2) is 24.3 Å². The molecule has 0 unspecified atom stereocenters. The van der Waals surface area contributed by atoms with Crippen LogP contribution in [0.2, 0.25) is 0 Å². The van der Waals surface area contributed by atoms with Crippen LogP contribution in [0.25, 0.3) is 0 Å². The first-order chi connectivity index (χ1) is 12.7. The Bertz CT molecular complexity index is 663. The van der Waals surface area contributed by atoms with Gasteiger partial charge < -0.3 is 10.6 Å². The van der Waals surface area contributed by atoms with Crippen molar-refractivity contribution in [1.29, 1.82) is 0 Å². The smallest absolute Gasteiger partial charge is 0.234 e. The Morgan fingerprint density at radius 3 is 2.38 bits per heavy atom. The molecule has 26 heavy (non-hydrogen) atoms. The predicted molar refractivity (Wildman–Crippen MR) is 101 cm³/mol. The lowest BCUT2D eigenvalue weighted by molar-refractivity contribution is -0.124. The quantitative estimate of drug-likeness (QED) is 0.820. The van der Waals surface area contributed by atoms with E-state index in [0.717, 1.165) is 51.6 Å². The van der Waals surface area contributed by atoms with Crippen LogP contribution in [0.1, 0.15) is 55.6 Å². The first-order valence-corrected chi connectivity index (χ1v) is 10.1. The summed E-state index contributed by atoms with van der Waals surface area (Å²) in [6.07, 6.45) is 6.90. The zero-order chi connectivity index (χ0) is 17.9. The number of carbonyl (C=O) groups excluding carboxylic acids is 2. The van der Waals surface area contributed by atoms with Crippen molar-refractivity contribution < 1.29 is 9.59 Å². The molecular weight excluding hydrogens is 326 g/mol. The van der Waals surface area contributed by atoms with E-state index in [9.17, 15) is 9.59 Å². The Morgan fingerprint density at radius 2 is 1.62 bits per heavy atom. The molecule has 5 nitrogen and oxygen atoms in total. The van der Waals surface area contributed by atoms with Crippen LogP contribution in [0.5, 0.6) is 0 Å². The fourth-order valence-electron chi connectivity index (χ4n) is 4.31. The van der Waals surface area contributed by atoms with Crippen molar-refractivity contribution in [1.82, 2.24) is 15.5 Å². The van der Waals surface area contributed by atoms with Crippen LogP contribution in [0.4, 0.5) is 0 Å². The molecule has 140 valence electrons. The minimum Gasteiger partial charge on any atom is -0.353 e. The van der Waals surface area contributed by atoms with Crippen LogP contribution in [-0.2, 0) is 16.0 Å². The molecule has 0 bridgehead atoms. The molecule has 1 heterocycles. The first kappa shape index (κ1) is 17.5. The van der Waals surface area contributed by atoms with Gasteiger partial charge in [-0.3, -0.25) is 14.5 Å². The van der Waals surface area contributed by atoms with Crippen molar-refractivity contribution in [3.05, 3.63) is 35.4 Å². The van der Waals surface area contributed by atoms with Crippen molar-refractivity contribution in [3.8, 4) is 0 Å². The summed E-state index contributed by atoms with van der Waals surface area (Å²) >= 11 is 0. The molecule has 0 aromatic heterocycles. The van der Waals surface area contributed by atoms with E-state index in [2.05, 4.69) is 39.8 Å². The van der Waals surface area contributed by atoms with E-state index in [1.165, 1.54) is 11.1 Å². The third-order valence-corrected chi connectivity index (χ3v) is 5.95. The van der Waals surface area contributed by atoms with Gasteiger partial charge >= 0.3 is 0 Å². The summed E-state index contributed by atoms with van der Waals surface area (Å²) in [6, 6.07) is 9.19. The second-order valence-corrected chi connectivity index (χ2v) is 8.10. The molecule has 2 amide bonds. The van der Waals surface area contributed by atoms with Crippen LogP contribution in [-0.4, -0.2) is 48.4 Å². The number of rotatable bonds is 6. The van der Waals surface area contributed by atoms with Crippen molar-refractivity contribution in [2.45, 2.75) is 62.9 Å². The van der Waals surface area contributed by atoms with E-state index >= 15 is 0 Å². The minimum atomic E-state index is 0.148. The number of nitrogens with one attached hydrogen (secondary N) is 2. The number of aryl methyl sites for hydroxylation is 1. The summed E-state index contributed by atoms with van der Waals surface area (Å²) in [4.78, 5) is 26.6. The lowest BCUT2D eigenvalue weighted by Gasteiger charge is -2.32. The molecule has 2 fully saturated rings. The minimum absolute atomic E-state index is 0.148. The highest BCUT2D eigenvalue weighted by Crippen LogP contribution is 2.35. The molecule has 0 radical (unpaired) electrons. The molecule has 1 saturated heterocycles. The van der Waals surface area contributed by atoms with Gasteiger partial charge in [0.05, 0.1) is 6.54 Å². The number of fused-ring (bicyclic) bond motifs is 1. The molecule has 1 aromatic rings. The molecule has 0 spiro atoms. The average Bonchev–Trinajstić information content (AvgIpc) is 3.35. The third-order valence-electron chi connectivity index (χ3n) is 5.95. The second kappa shape index (κ2) is 7.78. The van der Waals surface area contributed by atoms with Gasteiger partial charge in [-0.2, -0.15) is 0 Å². The maximum absolute atomic E-state index is 12.5. The number of piperidine rings is 1. The van der Waals surface area contributed by atoms with E-state index in [4.69, 9.17) is 0 Å². The van der Waals surface area contributed by atoms with Crippen LogP contribution in [0, 0.1) is 0 Å². The van der Waals surface area contributed by atoms with Crippen LogP contribution >= 0.6 is 0 Å². The molecule has 1 aromatic carbocycles. The van der Waals surface area contributed by atoms with Crippen LogP contribution < -0.4 is 10.6 Å². The summed E-state index contributed by atoms with van der Waals surface area (Å²) in [5.41, 5.74) is 2.77. The zero-order valence-corrected chi connectivity index (χ0v) is 15.4. The fraction of sp³-hybridized carbons (Fsp3) is 0.619. The molecule has 1 aliphatic heterocycles. The lowest BCUT2D eigenvalue weighted by atomic mass is 9.97. The van der Waals surface area contributed by atoms with Gasteiger partial charge in [-0.1, -0.05) is 24.3 Å². The Kier molecular flexibility index (Phi) is 5.25. The maximum atomic E-state index is 12.5. The Balaban J connectivity index is 1.18. The van der Waals surface area contributed by atoms with Gasteiger partial charge in [0, 0.05) is 31.6 Å². The van der Waals surface area contributed by atoms with Crippen molar-refractivity contribution in [3.63, 3.8) is 0 Å². The molecule has 4 rings (SSSR count). The number of likely N-dealkylation sites (tertiary alicyclic amines) is 1. The first-order valence-electron chi connectivity index (χ1n) is 10.1. The summed E-state index contributed by atoms with van der Waals surface area (Å²) in [6.45, 7) is 2.26. The SMILES string of the molecule is O=C(C[C@H]1CCc2ccccc21)NC1CCN(CC(=O)NC2CC2)CC1. The number of hydrogen-bond donors (Lipinski definition) is 2. The van der Waals surface area contributed by atoms with E-state index in [-0.39, 0.29) is 17.9 Å². The average molecular weight is 355 g/mol. The lowest BCUT2D eigenvalue weighted by Crippen LogP contribution is -2.47. The Hall–Kier alpha value is -1.88. The van der Waals surface area contributed by atoms with Gasteiger partial charge in [-0.05, 0) is 55.6 Å². The number of benzene rings is 1. The van der Waals surface area contributed by atoms with Crippen molar-refractivity contribution in [2.24, 2.45) is 0 Å². The summed E-state index contributed by atoms with van der Waals surface area (Å²) in [5.74, 6) is 0.698. The van der Waals surface area contributed by atoms with Gasteiger partial charge in [0.15, 0.2) is 0 Å². The topological polar surface area (TPSA) is 61.4 Å². The summed E-state index contributed by atoms with van der Waals surface area (Å²) < 4.78 is 0. The largest absolute Gasteiger partial charge is 0.353 e. The van der Waals surface area contributed by atoms with Gasteiger partial charge in [-0.25, -0.2) is 0 Å². The van der Waals surface area contributed by atoms with E-state index in [0.29, 0.717) is 24.9 Å². The molecule has 1 atom stereocenters. The van der Waals surface area contributed by atoms with Gasteiger partial charge in [0.25, 0.3) is 0 Å². The molecule has 3 aliphatic rings. The van der Waals surface area contributed by atoms with Gasteiger partial charge in [-0.15, -0.1) is 0 Å². The zero-order valence-electron chi connectivity index (χ0n) is 15.4. The molecule has 2 aliphatic carbocycles. The van der Waals surface area contributed by atoms with E-state index in [1.807, 2.05) is 0 Å². The number of carbonyl (C=O) groups is 2. The van der Waals surface area contributed by atoms with Gasteiger partial charge in [0.2, 0.25) is 11.8 Å². The van der Waals surface area contributed by atoms with Crippen molar-refractivity contribution >= 4 is 11.8 Å². The number of nitrogens with zero attached hydrogens (tertiary/aromatic N) is 1. The second-order valence-electron chi connectivity index (χ2n) is 8.10. The normalized spacial score (nSPS) is 23.5. The highest BCUT2D eigenvalue weighted by atomic mass is 16.2. The molecular formula is C21H29N3O2. The number of hydrogen-bond acceptors (Lipinski definition) is 3. The monoisotopic (exact) mass is 355 g/mol.